The molecule has 0 aromatic heterocycles. The minimum absolute atomic E-state index is 0.182. The van der Waals surface area contributed by atoms with E-state index in [0.717, 1.165) is 25.8 Å². The Balaban J connectivity index is 0. The number of hydrogen-bond donors (Lipinski definition) is 6. The standard InChI is InChI=1S/C19H38N2O6.C13H29N/c1-2-3-4-5-6-7-8-9-10-11-12-13-27-17(19(21)26)15(23)14(22)16(24)18(20)25;1-2-3-4-5-6-7-8-9-10-11-12-13-14/h14-17,22-24H,2-13H2,1H3,(H2,20,25)(H2,21,26);2-14H2,1H3/t14-,15-,16-,17+;/m0./s1. The van der Waals surface area contributed by atoms with Crippen LogP contribution >= 0.6 is 0 Å². The van der Waals surface area contributed by atoms with E-state index in [1.807, 2.05) is 0 Å². The van der Waals surface area contributed by atoms with E-state index in [-0.39, 0.29) is 6.61 Å². The normalized spacial score (nSPS) is 14.1. The zero-order valence-electron chi connectivity index (χ0n) is 26.6. The van der Waals surface area contributed by atoms with Gasteiger partial charge in [0.2, 0.25) is 11.8 Å². The number of aliphatic hydroxyl groups excluding tert-OH is 3. The Morgan fingerprint density at radius 1 is 0.537 bits per heavy atom. The highest BCUT2D eigenvalue weighted by atomic mass is 16.5. The number of rotatable bonds is 29. The molecule has 0 bridgehead atoms. The highest BCUT2D eigenvalue weighted by molar-refractivity contribution is 5.81. The molecular formula is C32H67N3O6. The van der Waals surface area contributed by atoms with Gasteiger partial charge in [-0.2, -0.15) is 0 Å². The molecule has 246 valence electrons. The van der Waals surface area contributed by atoms with Gasteiger partial charge in [-0.3, -0.25) is 9.59 Å². The summed E-state index contributed by atoms with van der Waals surface area (Å²) in [7, 11) is 0. The van der Waals surface area contributed by atoms with Crippen LogP contribution in [0.4, 0.5) is 0 Å². The van der Waals surface area contributed by atoms with Crippen LogP contribution in [0.2, 0.25) is 0 Å². The minimum atomic E-state index is -2.01. The molecular weight excluding hydrogens is 522 g/mol. The Bertz CT molecular complexity index is 570. The summed E-state index contributed by atoms with van der Waals surface area (Å²) in [5, 5.41) is 29.0. The summed E-state index contributed by atoms with van der Waals surface area (Å²) in [6.07, 6.45) is 20.9. The largest absolute Gasteiger partial charge is 0.387 e. The van der Waals surface area contributed by atoms with Crippen molar-refractivity contribution < 1.29 is 29.6 Å². The topological polar surface area (TPSA) is 182 Å². The lowest BCUT2D eigenvalue weighted by atomic mass is 10.0. The van der Waals surface area contributed by atoms with E-state index in [1.54, 1.807) is 0 Å². The van der Waals surface area contributed by atoms with E-state index in [9.17, 15) is 24.9 Å². The van der Waals surface area contributed by atoms with Crippen LogP contribution in [-0.2, 0) is 14.3 Å². The first-order valence-corrected chi connectivity index (χ1v) is 16.7. The zero-order valence-corrected chi connectivity index (χ0v) is 26.6. The molecule has 0 unspecified atom stereocenters. The van der Waals surface area contributed by atoms with Gasteiger partial charge in [0.15, 0.2) is 12.2 Å². The summed E-state index contributed by atoms with van der Waals surface area (Å²) in [5.41, 5.74) is 15.4. The molecule has 4 atom stereocenters. The third-order valence-corrected chi connectivity index (χ3v) is 7.41. The van der Waals surface area contributed by atoms with E-state index in [0.29, 0.717) is 6.42 Å². The van der Waals surface area contributed by atoms with E-state index < -0.39 is 36.2 Å². The predicted molar refractivity (Wildman–Crippen MR) is 168 cm³/mol. The molecule has 0 saturated heterocycles. The molecule has 0 fully saturated rings. The van der Waals surface area contributed by atoms with Gasteiger partial charge in [-0.1, -0.05) is 142 Å². The van der Waals surface area contributed by atoms with Crippen molar-refractivity contribution in [3.05, 3.63) is 0 Å². The van der Waals surface area contributed by atoms with Gasteiger partial charge in [-0.25, -0.2) is 0 Å². The summed E-state index contributed by atoms with van der Waals surface area (Å²) in [6.45, 7) is 5.54. The quantitative estimate of drug-likeness (QED) is 0.0664. The maximum atomic E-state index is 11.4. The third kappa shape index (κ3) is 27.3. The molecule has 41 heavy (non-hydrogen) atoms. The smallest absolute Gasteiger partial charge is 0.249 e. The number of nitrogens with two attached hydrogens (primary N) is 3. The molecule has 9 heteroatoms. The van der Waals surface area contributed by atoms with Crippen LogP contribution in [0.1, 0.15) is 155 Å². The Morgan fingerprint density at radius 2 is 0.878 bits per heavy atom. The van der Waals surface area contributed by atoms with Crippen LogP contribution in [0.5, 0.6) is 0 Å². The summed E-state index contributed by atoms with van der Waals surface area (Å²) >= 11 is 0. The van der Waals surface area contributed by atoms with Gasteiger partial charge in [-0.05, 0) is 19.4 Å². The Kier molecular flexibility index (Phi) is 32.3. The van der Waals surface area contributed by atoms with Crippen LogP contribution in [0.25, 0.3) is 0 Å². The molecule has 9 nitrogen and oxygen atoms in total. The monoisotopic (exact) mass is 590 g/mol. The van der Waals surface area contributed by atoms with Crippen molar-refractivity contribution in [3.63, 3.8) is 0 Å². The predicted octanol–water partition coefficient (Wildman–Crippen LogP) is 4.99. The number of amides is 2. The van der Waals surface area contributed by atoms with Crippen LogP contribution in [0.3, 0.4) is 0 Å². The van der Waals surface area contributed by atoms with Crippen molar-refractivity contribution in [1.29, 1.82) is 0 Å². The number of ether oxygens (including phenoxy) is 1. The minimum Gasteiger partial charge on any atom is -0.387 e. The molecule has 0 aromatic rings. The van der Waals surface area contributed by atoms with Gasteiger partial charge >= 0.3 is 0 Å². The van der Waals surface area contributed by atoms with Crippen LogP contribution in [0.15, 0.2) is 0 Å². The van der Waals surface area contributed by atoms with E-state index >= 15 is 0 Å². The van der Waals surface area contributed by atoms with Crippen molar-refractivity contribution in [2.24, 2.45) is 17.2 Å². The maximum Gasteiger partial charge on any atom is 0.249 e. The van der Waals surface area contributed by atoms with Gasteiger partial charge in [0.25, 0.3) is 0 Å². The first-order valence-electron chi connectivity index (χ1n) is 16.7. The fourth-order valence-electron chi connectivity index (χ4n) is 4.67. The van der Waals surface area contributed by atoms with Gasteiger partial charge in [-0.15, -0.1) is 0 Å². The van der Waals surface area contributed by atoms with Crippen molar-refractivity contribution in [2.45, 2.75) is 180 Å². The second-order valence-corrected chi connectivity index (χ2v) is 11.4. The molecule has 0 aliphatic carbocycles. The molecule has 0 heterocycles. The summed E-state index contributed by atoms with van der Waals surface area (Å²) in [5.74, 6) is -2.20. The lowest BCUT2D eigenvalue weighted by Gasteiger charge is -2.26. The molecule has 0 spiro atoms. The van der Waals surface area contributed by atoms with Gasteiger partial charge in [0, 0.05) is 6.61 Å². The fraction of sp³-hybridized carbons (Fsp3) is 0.938. The highest BCUT2D eigenvalue weighted by Crippen LogP contribution is 2.13. The van der Waals surface area contributed by atoms with E-state index in [1.165, 1.54) is 116 Å². The summed E-state index contributed by atoms with van der Waals surface area (Å²) < 4.78 is 5.25. The SMILES string of the molecule is CCCCCCCCCCCCCN.CCCCCCCCCCCCCO[C@@H](C(N)=O)[C@@H](O)[C@H](O)[C@H](O)C(N)=O. The second kappa shape index (κ2) is 31.7. The molecule has 0 radical (unpaired) electrons. The van der Waals surface area contributed by atoms with Gasteiger partial charge in [0.1, 0.15) is 12.2 Å². The highest BCUT2D eigenvalue weighted by Gasteiger charge is 2.37. The maximum absolute atomic E-state index is 11.4. The van der Waals surface area contributed by atoms with Crippen molar-refractivity contribution in [2.75, 3.05) is 13.2 Å². The van der Waals surface area contributed by atoms with E-state index in [2.05, 4.69) is 13.8 Å². The first-order chi connectivity index (χ1) is 19.7. The van der Waals surface area contributed by atoms with Crippen molar-refractivity contribution in [1.82, 2.24) is 0 Å². The second-order valence-electron chi connectivity index (χ2n) is 11.4. The number of aliphatic hydroxyl groups is 3. The molecule has 0 saturated carbocycles. The summed E-state index contributed by atoms with van der Waals surface area (Å²) in [6, 6.07) is 0. The molecule has 0 aromatic carbocycles. The Labute approximate surface area is 251 Å². The first kappa shape index (κ1) is 41.9. The number of unbranched alkanes of at least 4 members (excludes halogenated alkanes) is 20. The average Bonchev–Trinajstić information content (AvgIpc) is 2.95. The average molecular weight is 590 g/mol. The number of carbonyl (C=O) groups excluding carboxylic acids is 2. The molecule has 9 N–H and O–H groups in total. The van der Waals surface area contributed by atoms with Gasteiger partial charge in [0.05, 0.1) is 0 Å². The van der Waals surface area contributed by atoms with Gasteiger partial charge < -0.3 is 37.3 Å². The van der Waals surface area contributed by atoms with Crippen LogP contribution in [0, 0.1) is 0 Å². The van der Waals surface area contributed by atoms with Crippen molar-refractivity contribution >= 4 is 11.8 Å². The van der Waals surface area contributed by atoms with E-state index in [4.69, 9.17) is 21.9 Å². The molecule has 0 aliphatic heterocycles. The Hall–Kier alpha value is -1.26. The molecule has 0 rings (SSSR count). The molecule has 0 aliphatic rings. The molecule has 2 amide bonds. The zero-order chi connectivity index (χ0) is 31.1. The number of hydrogen-bond acceptors (Lipinski definition) is 7. The Morgan fingerprint density at radius 3 is 1.20 bits per heavy atom. The summed E-state index contributed by atoms with van der Waals surface area (Å²) in [4.78, 5) is 22.3. The third-order valence-electron chi connectivity index (χ3n) is 7.41. The van der Waals surface area contributed by atoms with Crippen LogP contribution in [-0.4, -0.2) is 64.7 Å². The lowest BCUT2D eigenvalue weighted by molar-refractivity contribution is -0.158. The van der Waals surface area contributed by atoms with Crippen LogP contribution < -0.4 is 17.2 Å². The number of primary amides is 2. The van der Waals surface area contributed by atoms with Crippen molar-refractivity contribution in [3.8, 4) is 0 Å². The fourth-order valence-corrected chi connectivity index (χ4v) is 4.67. The lowest BCUT2D eigenvalue weighted by Crippen LogP contribution is -2.53. The number of carbonyl (C=O) groups is 2.